The summed E-state index contributed by atoms with van der Waals surface area (Å²) in [6.45, 7) is 33.6. The third-order valence-corrected chi connectivity index (χ3v) is 11.3. The van der Waals surface area contributed by atoms with Crippen molar-refractivity contribution in [1.82, 2.24) is 4.90 Å². The van der Waals surface area contributed by atoms with E-state index in [-0.39, 0.29) is 17.2 Å². The molecule has 1 aliphatic heterocycles. The van der Waals surface area contributed by atoms with Crippen LogP contribution in [0.25, 0.3) is 0 Å². The Morgan fingerprint density at radius 2 is 1.58 bits per heavy atom. The number of amides is 1. The van der Waals surface area contributed by atoms with Crippen molar-refractivity contribution < 1.29 is 23.3 Å². The van der Waals surface area contributed by atoms with Crippen LogP contribution < -0.4 is 0 Å². The summed E-state index contributed by atoms with van der Waals surface area (Å²) < 4.78 is 24.8. The van der Waals surface area contributed by atoms with Crippen LogP contribution in [0.15, 0.2) is 24.7 Å². The molecule has 1 heterocycles. The van der Waals surface area contributed by atoms with Gasteiger partial charge in [-0.05, 0) is 78.5 Å². The van der Waals surface area contributed by atoms with Crippen LogP contribution in [0.1, 0.15) is 75.7 Å². The number of nitrogens with zero attached hydrogens (tertiary/aromatic N) is 1. The maximum absolute atomic E-state index is 12.9. The highest BCUT2D eigenvalue weighted by atomic mass is 28.4. The summed E-state index contributed by atoms with van der Waals surface area (Å²) in [7, 11) is -2.65. The van der Waals surface area contributed by atoms with Gasteiger partial charge in [0, 0.05) is 13.1 Å². The molecule has 1 amide bonds. The monoisotopic (exact) mass is 481 g/mol. The van der Waals surface area contributed by atoms with E-state index in [1.54, 1.807) is 11.0 Å². The lowest BCUT2D eigenvalue weighted by Gasteiger charge is -2.41. The van der Waals surface area contributed by atoms with E-state index >= 15 is 0 Å². The fourth-order valence-electron chi connectivity index (χ4n) is 3.09. The van der Waals surface area contributed by atoms with Gasteiger partial charge in [-0.2, -0.15) is 0 Å². The van der Waals surface area contributed by atoms with Gasteiger partial charge in [-0.15, -0.1) is 13.2 Å². The van der Waals surface area contributed by atoms with Crippen LogP contribution in [0.4, 0.5) is 4.79 Å². The van der Waals surface area contributed by atoms with Gasteiger partial charge in [-0.3, -0.25) is 0 Å². The Labute approximate surface area is 204 Å². The molecular formula is C25H48BNO5Si. The van der Waals surface area contributed by atoms with Gasteiger partial charge >= 0.3 is 13.2 Å². The van der Waals surface area contributed by atoms with E-state index in [1.807, 2.05) is 48.5 Å². The minimum Gasteiger partial charge on any atom is -0.444 e. The van der Waals surface area contributed by atoms with Crippen molar-refractivity contribution in [2.45, 2.75) is 117 Å². The average Bonchev–Trinajstić information content (AvgIpc) is 2.79. The van der Waals surface area contributed by atoms with E-state index in [9.17, 15) is 4.79 Å². The Balaban J connectivity index is 3.14. The van der Waals surface area contributed by atoms with Crippen LogP contribution >= 0.6 is 0 Å². The number of hydrogen-bond acceptors (Lipinski definition) is 5. The number of rotatable bonds is 9. The normalized spacial score (nSPS) is 19.2. The smallest absolute Gasteiger partial charge is 0.444 e. The molecular weight excluding hydrogens is 433 g/mol. The molecule has 0 aromatic carbocycles. The van der Waals surface area contributed by atoms with Gasteiger partial charge < -0.3 is 23.4 Å². The van der Waals surface area contributed by atoms with E-state index in [0.29, 0.717) is 19.5 Å². The van der Waals surface area contributed by atoms with E-state index in [2.05, 4.69) is 47.0 Å². The highest BCUT2D eigenvalue weighted by Crippen LogP contribution is 2.41. The Morgan fingerprint density at radius 3 is 1.97 bits per heavy atom. The van der Waals surface area contributed by atoms with E-state index in [4.69, 9.17) is 18.5 Å². The molecule has 1 unspecified atom stereocenters. The molecule has 1 atom stereocenters. The zero-order valence-corrected chi connectivity index (χ0v) is 24.3. The predicted molar refractivity (Wildman–Crippen MR) is 140 cm³/mol. The van der Waals surface area contributed by atoms with Crippen molar-refractivity contribution in [2.24, 2.45) is 0 Å². The second-order valence-corrected chi connectivity index (χ2v) is 17.4. The van der Waals surface area contributed by atoms with Gasteiger partial charge in [0.2, 0.25) is 0 Å². The van der Waals surface area contributed by atoms with Crippen LogP contribution in [-0.2, 0) is 18.5 Å². The summed E-state index contributed by atoms with van der Waals surface area (Å²) in [6, 6.07) is 0. The molecule has 1 aliphatic rings. The first-order valence-electron chi connectivity index (χ1n) is 11.9. The quantitative estimate of drug-likeness (QED) is 0.283. The number of ether oxygens (including phenoxy) is 1. The third kappa shape index (κ3) is 8.27. The lowest BCUT2D eigenvalue weighted by atomic mass is 9.76. The average molecular weight is 482 g/mol. The Kier molecular flexibility index (Phi) is 9.31. The highest BCUT2D eigenvalue weighted by molar-refractivity contribution is 6.74. The summed E-state index contributed by atoms with van der Waals surface area (Å²) in [5.74, 6) is 0. The van der Waals surface area contributed by atoms with Gasteiger partial charge in [0.1, 0.15) is 5.60 Å². The van der Waals surface area contributed by atoms with Gasteiger partial charge in [-0.1, -0.05) is 26.8 Å². The molecule has 190 valence electrons. The van der Waals surface area contributed by atoms with Crippen molar-refractivity contribution in [3.05, 3.63) is 24.7 Å². The lowest BCUT2D eigenvalue weighted by Crippen LogP contribution is -2.49. The van der Waals surface area contributed by atoms with Crippen LogP contribution in [0, 0.1) is 0 Å². The molecule has 0 aliphatic carbocycles. The first-order valence-corrected chi connectivity index (χ1v) is 14.8. The largest absolute Gasteiger partial charge is 0.490 e. The molecule has 8 heteroatoms. The topological polar surface area (TPSA) is 57.2 Å². The van der Waals surface area contributed by atoms with Crippen LogP contribution in [0.5, 0.6) is 0 Å². The van der Waals surface area contributed by atoms with Gasteiger partial charge in [0.05, 0.1) is 17.3 Å². The molecule has 1 fully saturated rings. The molecule has 0 saturated carbocycles. The molecule has 0 aromatic heterocycles. The summed E-state index contributed by atoms with van der Waals surface area (Å²) in [6.07, 6.45) is 1.56. The molecule has 0 N–H and O–H groups in total. The minimum absolute atomic E-state index is 0.0199. The van der Waals surface area contributed by atoms with Gasteiger partial charge in [0.15, 0.2) is 8.32 Å². The second-order valence-electron chi connectivity index (χ2n) is 12.6. The first kappa shape index (κ1) is 29.9. The van der Waals surface area contributed by atoms with E-state index < -0.39 is 32.2 Å². The van der Waals surface area contributed by atoms with Crippen molar-refractivity contribution in [3.63, 3.8) is 0 Å². The summed E-state index contributed by atoms with van der Waals surface area (Å²) in [5, 5.41) is 0.0199. The second kappa shape index (κ2) is 10.3. The predicted octanol–water partition coefficient (Wildman–Crippen LogP) is 6.38. The van der Waals surface area contributed by atoms with Gasteiger partial charge in [0.25, 0.3) is 0 Å². The van der Waals surface area contributed by atoms with E-state index in [1.165, 1.54) is 0 Å². The Bertz CT molecular complexity index is 705. The summed E-state index contributed by atoms with van der Waals surface area (Å²) in [5.41, 5.74) is -0.664. The zero-order chi connectivity index (χ0) is 26.0. The standard InChI is InChI=1S/C25H48BNO5Si/c1-15-16-27(21(28)29-22(3,4)5)18-20(30-33(13,14)23(6,7)8)17-19(2)26-31-24(9,10)25(11,12)32-26/h15,20H,1-2,16-18H2,3-14H3. The third-order valence-electron chi connectivity index (χ3n) is 6.77. The maximum atomic E-state index is 12.9. The molecule has 1 rings (SSSR count). The number of carbonyl (C=O) groups is 1. The fraction of sp³-hybridized carbons (Fsp3) is 0.800. The highest BCUT2D eigenvalue weighted by Gasteiger charge is 2.52. The molecule has 1 saturated heterocycles. The van der Waals surface area contributed by atoms with Crippen molar-refractivity contribution in [1.29, 1.82) is 0 Å². The summed E-state index contributed by atoms with van der Waals surface area (Å²) in [4.78, 5) is 14.5. The fourth-order valence-corrected chi connectivity index (χ4v) is 4.43. The Hall–Kier alpha value is -1.09. The number of hydrogen-bond donors (Lipinski definition) is 0. The molecule has 0 radical (unpaired) electrons. The first-order chi connectivity index (χ1) is 14.6. The SMILES string of the molecule is C=CCN(CC(CC(=C)B1OC(C)(C)C(C)(C)O1)O[Si](C)(C)C(C)(C)C)C(=O)OC(C)(C)C. The minimum atomic E-state index is -2.13. The summed E-state index contributed by atoms with van der Waals surface area (Å²) >= 11 is 0. The molecule has 0 spiro atoms. The maximum Gasteiger partial charge on any atom is 0.490 e. The lowest BCUT2D eigenvalue weighted by molar-refractivity contribution is 0.00578. The van der Waals surface area contributed by atoms with Gasteiger partial charge in [-0.25, -0.2) is 4.79 Å². The van der Waals surface area contributed by atoms with Crippen molar-refractivity contribution in [3.8, 4) is 0 Å². The van der Waals surface area contributed by atoms with Crippen LogP contribution in [0.3, 0.4) is 0 Å². The molecule has 6 nitrogen and oxygen atoms in total. The van der Waals surface area contributed by atoms with Crippen LogP contribution in [-0.4, -0.2) is 62.4 Å². The molecule has 0 aromatic rings. The number of carbonyl (C=O) groups excluding carboxylic acids is 1. The van der Waals surface area contributed by atoms with Crippen molar-refractivity contribution in [2.75, 3.05) is 13.1 Å². The van der Waals surface area contributed by atoms with Crippen molar-refractivity contribution >= 4 is 21.5 Å². The van der Waals surface area contributed by atoms with E-state index in [0.717, 1.165) is 5.47 Å². The molecule has 33 heavy (non-hydrogen) atoms. The molecule has 0 bridgehead atoms. The van der Waals surface area contributed by atoms with Crippen LogP contribution in [0.2, 0.25) is 18.1 Å². The Morgan fingerprint density at radius 1 is 1.09 bits per heavy atom. The zero-order valence-electron chi connectivity index (χ0n) is 23.3.